The van der Waals surface area contributed by atoms with Crippen LogP contribution in [0.1, 0.15) is 11.3 Å². The van der Waals surface area contributed by atoms with Crippen LogP contribution in [0.2, 0.25) is 0 Å². The van der Waals surface area contributed by atoms with Gasteiger partial charge in [-0.15, -0.1) is 0 Å². The predicted octanol–water partition coefficient (Wildman–Crippen LogP) is 1.02. The summed E-state index contributed by atoms with van der Waals surface area (Å²) in [6.07, 6.45) is 7.69. The van der Waals surface area contributed by atoms with E-state index in [-0.39, 0.29) is 0 Å². The van der Waals surface area contributed by atoms with Crippen molar-refractivity contribution < 1.29 is 0 Å². The van der Waals surface area contributed by atoms with Gasteiger partial charge in [-0.2, -0.15) is 10.2 Å². The highest BCUT2D eigenvalue weighted by molar-refractivity contribution is 5.56. The standard InChI is InChI=1S/C14H17N7/c1-19-7-11(6-17-19)8-20-4-5-21-10-15-14(13(21)9-20)12-2-3-16-18-12/h2-3,6-7,10H,4-5,8-9H2,1H3,(H,16,18). The Labute approximate surface area is 122 Å². The fourth-order valence-corrected chi connectivity index (χ4v) is 2.87. The van der Waals surface area contributed by atoms with Crippen LogP contribution in [0.3, 0.4) is 0 Å². The van der Waals surface area contributed by atoms with Gasteiger partial charge in [0.05, 0.1) is 23.9 Å². The summed E-state index contributed by atoms with van der Waals surface area (Å²) in [5, 5.41) is 11.3. The maximum absolute atomic E-state index is 4.53. The van der Waals surface area contributed by atoms with Crippen LogP contribution in [0.15, 0.2) is 31.0 Å². The monoisotopic (exact) mass is 283 g/mol. The van der Waals surface area contributed by atoms with Crippen molar-refractivity contribution in [2.24, 2.45) is 7.05 Å². The molecule has 0 spiro atoms. The van der Waals surface area contributed by atoms with Crippen molar-refractivity contribution in [2.75, 3.05) is 6.54 Å². The zero-order valence-electron chi connectivity index (χ0n) is 11.9. The van der Waals surface area contributed by atoms with Crippen molar-refractivity contribution in [3.05, 3.63) is 42.2 Å². The van der Waals surface area contributed by atoms with Gasteiger partial charge in [-0.3, -0.25) is 14.7 Å². The number of nitrogens with one attached hydrogen (secondary N) is 1. The lowest BCUT2D eigenvalue weighted by atomic mass is 10.2. The lowest BCUT2D eigenvalue weighted by Gasteiger charge is -2.28. The van der Waals surface area contributed by atoms with Gasteiger partial charge in [0.15, 0.2) is 0 Å². The highest BCUT2D eigenvalue weighted by Crippen LogP contribution is 2.24. The van der Waals surface area contributed by atoms with E-state index >= 15 is 0 Å². The third-order valence-corrected chi connectivity index (χ3v) is 3.90. The number of aromatic nitrogens is 6. The third kappa shape index (κ3) is 2.25. The quantitative estimate of drug-likeness (QED) is 0.779. The van der Waals surface area contributed by atoms with Crippen molar-refractivity contribution in [1.29, 1.82) is 0 Å². The Hall–Kier alpha value is -2.41. The molecule has 108 valence electrons. The van der Waals surface area contributed by atoms with Crippen molar-refractivity contribution in [1.82, 2.24) is 34.4 Å². The van der Waals surface area contributed by atoms with Gasteiger partial charge < -0.3 is 4.57 Å². The van der Waals surface area contributed by atoms with E-state index in [9.17, 15) is 0 Å². The van der Waals surface area contributed by atoms with E-state index in [1.807, 2.05) is 30.3 Å². The van der Waals surface area contributed by atoms with Crippen molar-refractivity contribution in [3.8, 4) is 11.4 Å². The first kappa shape index (κ1) is 12.3. The van der Waals surface area contributed by atoms with Gasteiger partial charge in [-0.05, 0) is 6.07 Å². The van der Waals surface area contributed by atoms with Gasteiger partial charge in [0.25, 0.3) is 0 Å². The molecule has 0 aliphatic carbocycles. The number of aromatic amines is 1. The SMILES string of the molecule is Cn1cc(CN2CCn3cnc(-c4ccn[nH]4)c3C2)cn1. The van der Waals surface area contributed by atoms with E-state index in [0.717, 1.165) is 37.6 Å². The average molecular weight is 283 g/mol. The number of nitrogens with zero attached hydrogens (tertiary/aromatic N) is 6. The molecule has 1 aliphatic heterocycles. The van der Waals surface area contributed by atoms with E-state index in [4.69, 9.17) is 0 Å². The first-order valence-corrected chi connectivity index (χ1v) is 7.03. The minimum atomic E-state index is 0.892. The molecular weight excluding hydrogens is 266 g/mol. The molecular formula is C14H17N7. The van der Waals surface area contributed by atoms with Gasteiger partial charge in [-0.25, -0.2) is 4.98 Å². The largest absolute Gasteiger partial charge is 0.332 e. The topological polar surface area (TPSA) is 67.6 Å². The first-order valence-electron chi connectivity index (χ1n) is 7.03. The smallest absolute Gasteiger partial charge is 0.111 e. The molecule has 0 bridgehead atoms. The van der Waals surface area contributed by atoms with E-state index < -0.39 is 0 Å². The molecule has 0 atom stereocenters. The number of fused-ring (bicyclic) bond motifs is 1. The summed E-state index contributed by atoms with van der Waals surface area (Å²) in [7, 11) is 1.95. The zero-order valence-corrected chi connectivity index (χ0v) is 11.9. The van der Waals surface area contributed by atoms with Gasteiger partial charge in [0, 0.05) is 51.2 Å². The molecule has 0 aromatic carbocycles. The second-order valence-electron chi connectivity index (χ2n) is 5.44. The highest BCUT2D eigenvalue weighted by Gasteiger charge is 2.21. The maximum Gasteiger partial charge on any atom is 0.111 e. The highest BCUT2D eigenvalue weighted by atomic mass is 15.3. The summed E-state index contributed by atoms with van der Waals surface area (Å²) >= 11 is 0. The van der Waals surface area contributed by atoms with Crippen molar-refractivity contribution in [2.45, 2.75) is 19.6 Å². The molecule has 0 amide bonds. The molecule has 0 saturated heterocycles. The molecule has 3 aromatic heterocycles. The first-order chi connectivity index (χ1) is 10.3. The zero-order chi connectivity index (χ0) is 14.2. The molecule has 0 fully saturated rings. The minimum absolute atomic E-state index is 0.892. The second-order valence-corrected chi connectivity index (χ2v) is 5.44. The van der Waals surface area contributed by atoms with Crippen LogP contribution in [0.4, 0.5) is 0 Å². The molecule has 4 heterocycles. The van der Waals surface area contributed by atoms with Crippen molar-refractivity contribution >= 4 is 0 Å². The Morgan fingerprint density at radius 1 is 1.33 bits per heavy atom. The molecule has 1 aliphatic rings. The Kier molecular flexibility index (Phi) is 2.85. The number of aryl methyl sites for hydroxylation is 1. The van der Waals surface area contributed by atoms with Crippen LogP contribution in [-0.2, 0) is 26.7 Å². The fraction of sp³-hybridized carbons (Fsp3) is 0.357. The Morgan fingerprint density at radius 2 is 2.29 bits per heavy atom. The molecule has 0 unspecified atom stereocenters. The van der Waals surface area contributed by atoms with Gasteiger partial charge in [0.1, 0.15) is 5.69 Å². The molecule has 7 nitrogen and oxygen atoms in total. The molecule has 21 heavy (non-hydrogen) atoms. The van der Waals surface area contributed by atoms with Crippen LogP contribution in [0.25, 0.3) is 11.4 Å². The van der Waals surface area contributed by atoms with Crippen LogP contribution >= 0.6 is 0 Å². The van der Waals surface area contributed by atoms with Gasteiger partial charge >= 0.3 is 0 Å². The second kappa shape index (κ2) is 4.85. The summed E-state index contributed by atoms with van der Waals surface area (Å²) in [5.41, 5.74) is 4.47. The summed E-state index contributed by atoms with van der Waals surface area (Å²) in [6.45, 7) is 3.81. The van der Waals surface area contributed by atoms with E-state index in [2.05, 4.69) is 35.9 Å². The minimum Gasteiger partial charge on any atom is -0.332 e. The van der Waals surface area contributed by atoms with Crippen molar-refractivity contribution in [3.63, 3.8) is 0 Å². The number of hydrogen-bond donors (Lipinski definition) is 1. The molecule has 7 heteroatoms. The number of H-pyrrole nitrogens is 1. The molecule has 0 saturated carbocycles. The van der Waals surface area contributed by atoms with E-state index in [1.165, 1.54) is 11.3 Å². The lowest BCUT2D eigenvalue weighted by molar-refractivity contribution is 0.213. The molecule has 4 rings (SSSR count). The summed E-state index contributed by atoms with van der Waals surface area (Å²) in [4.78, 5) is 6.96. The Bertz CT molecular complexity index is 737. The number of imidazole rings is 1. The fourth-order valence-electron chi connectivity index (χ4n) is 2.87. The summed E-state index contributed by atoms with van der Waals surface area (Å²) in [5.74, 6) is 0. The lowest BCUT2D eigenvalue weighted by Crippen LogP contribution is -2.32. The molecule has 0 radical (unpaired) electrons. The number of hydrogen-bond acceptors (Lipinski definition) is 4. The maximum atomic E-state index is 4.53. The number of rotatable bonds is 3. The van der Waals surface area contributed by atoms with Gasteiger partial charge in [0.2, 0.25) is 0 Å². The third-order valence-electron chi connectivity index (χ3n) is 3.90. The average Bonchev–Trinajstić information content (AvgIpc) is 3.18. The molecule has 1 N–H and O–H groups in total. The van der Waals surface area contributed by atoms with Crippen LogP contribution in [-0.4, -0.2) is 41.0 Å². The Morgan fingerprint density at radius 3 is 3.05 bits per heavy atom. The Balaban J connectivity index is 1.58. The van der Waals surface area contributed by atoms with Gasteiger partial charge in [-0.1, -0.05) is 0 Å². The summed E-state index contributed by atoms with van der Waals surface area (Å²) < 4.78 is 4.08. The van der Waals surface area contributed by atoms with E-state index in [0.29, 0.717) is 0 Å². The normalized spacial score (nSPS) is 15.3. The summed E-state index contributed by atoms with van der Waals surface area (Å²) in [6, 6.07) is 1.96. The van der Waals surface area contributed by atoms with Crippen LogP contribution in [0.5, 0.6) is 0 Å². The predicted molar refractivity (Wildman–Crippen MR) is 77.1 cm³/mol. The van der Waals surface area contributed by atoms with E-state index in [1.54, 1.807) is 6.20 Å². The van der Waals surface area contributed by atoms with Crippen LogP contribution in [0, 0.1) is 0 Å². The molecule has 3 aromatic rings. The van der Waals surface area contributed by atoms with Crippen LogP contribution < -0.4 is 0 Å².